The number of halogens is 2. The summed E-state index contributed by atoms with van der Waals surface area (Å²) < 4.78 is 28.7. The van der Waals surface area contributed by atoms with Gasteiger partial charge in [0.05, 0.1) is 12.2 Å². The van der Waals surface area contributed by atoms with Crippen molar-refractivity contribution in [1.82, 2.24) is 9.38 Å². The summed E-state index contributed by atoms with van der Waals surface area (Å²) >= 11 is 0. The Balaban J connectivity index is 1.82. The molecule has 3 aromatic rings. The Morgan fingerprint density at radius 1 is 1.05 bits per heavy atom. The summed E-state index contributed by atoms with van der Waals surface area (Å²) in [6.07, 6.45) is 3.69. The number of pyridine rings is 1. The maximum atomic E-state index is 13.4. The van der Waals surface area contributed by atoms with Crippen LogP contribution < -0.4 is 5.32 Å². The topological polar surface area (TPSA) is 29.3 Å². The van der Waals surface area contributed by atoms with Gasteiger partial charge in [-0.05, 0) is 24.3 Å². The van der Waals surface area contributed by atoms with Gasteiger partial charge in [0.2, 0.25) is 0 Å². The van der Waals surface area contributed by atoms with Gasteiger partial charge in [-0.1, -0.05) is 12.1 Å². The summed E-state index contributed by atoms with van der Waals surface area (Å²) in [4.78, 5) is 4.34. The molecule has 2 heterocycles. The van der Waals surface area contributed by atoms with Crippen LogP contribution in [0.25, 0.3) is 5.65 Å². The maximum absolute atomic E-state index is 13.4. The number of nitrogens with zero attached hydrogens (tertiary/aromatic N) is 2. The molecule has 19 heavy (non-hydrogen) atoms. The number of imidazole rings is 1. The van der Waals surface area contributed by atoms with E-state index in [1.54, 1.807) is 0 Å². The Labute approximate surface area is 108 Å². The number of hydrogen-bond donors (Lipinski definition) is 1. The summed E-state index contributed by atoms with van der Waals surface area (Å²) in [6, 6.07) is 9.41. The third-order valence-electron chi connectivity index (χ3n) is 2.82. The standard InChI is InChI=1S/C14H11F2N3/c15-11-4-3-5-12(16)14(11)17-8-10-9-19-7-2-1-6-13(19)18-10/h1-7,9,17H,8H2. The summed E-state index contributed by atoms with van der Waals surface area (Å²) in [5.41, 5.74) is 1.39. The van der Waals surface area contributed by atoms with E-state index < -0.39 is 11.6 Å². The van der Waals surface area contributed by atoms with Crippen LogP contribution in [0.1, 0.15) is 5.69 Å². The van der Waals surface area contributed by atoms with Crippen LogP contribution in [0.2, 0.25) is 0 Å². The maximum Gasteiger partial charge on any atom is 0.149 e. The Bertz CT molecular complexity index is 668. The molecule has 0 unspecified atom stereocenters. The van der Waals surface area contributed by atoms with Crippen molar-refractivity contribution in [2.45, 2.75) is 6.54 Å². The Hall–Kier alpha value is -2.43. The highest BCUT2D eigenvalue weighted by atomic mass is 19.1. The fourth-order valence-corrected chi connectivity index (χ4v) is 1.92. The molecule has 0 bridgehead atoms. The molecule has 0 radical (unpaired) electrons. The van der Waals surface area contributed by atoms with Gasteiger partial charge in [-0.25, -0.2) is 13.8 Å². The zero-order valence-electron chi connectivity index (χ0n) is 9.98. The van der Waals surface area contributed by atoms with Gasteiger partial charge in [0.15, 0.2) is 0 Å². The Morgan fingerprint density at radius 2 is 1.84 bits per heavy atom. The average molecular weight is 259 g/mol. The molecule has 1 N–H and O–H groups in total. The van der Waals surface area contributed by atoms with Gasteiger partial charge < -0.3 is 9.72 Å². The number of rotatable bonds is 3. The van der Waals surface area contributed by atoms with E-state index in [0.29, 0.717) is 5.69 Å². The van der Waals surface area contributed by atoms with Crippen LogP contribution in [0.5, 0.6) is 0 Å². The summed E-state index contributed by atoms with van der Waals surface area (Å²) in [5.74, 6) is -1.22. The Morgan fingerprint density at radius 3 is 2.58 bits per heavy atom. The van der Waals surface area contributed by atoms with E-state index in [-0.39, 0.29) is 12.2 Å². The monoisotopic (exact) mass is 259 g/mol. The van der Waals surface area contributed by atoms with Crippen molar-refractivity contribution in [1.29, 1.82) is 0 Å². The van der Waals surface area contributed by atoms with Crippen LogP contribution in [-0.2, 0) is 6.54 Å². The quantitative estimate of drug-likeness (QED) is 0.782. The van der Waals surface area contributed by atoms with Gasteiger partial charge in [0.1, 0.15) is 23.0 Å². The van der Waals surface area contributed by atoms with Crippen molar-refractivity contribution in [2.24, 2.45) is 0 Å². The van der Waals surface area contributed by atoms with E-state index in [1.807, 2.05) is 35.0 Å². The zero-order valence-corrected chi connectivity index (χ0v) is 9.98. The molecule has 2 aromatic heterocycles. The molecule has 0 amide bonds. The van der Waals surface area contributed by atoms with E-state index in [4.69, 9.17) is 0 Å². The van der Waals surface area contributed by atoms with Gasteiger partial charge in [0.25, 0.3) is 0 Å². The highest BCUT2D eigenvalue weighted by Gasteiger charge is 2.08. The number of hydrogen-bond acceptors (Lipinski definition) is 2. The molecular formula is C14H11F2N3. The molecule has 0 aliphatic rings. The second kappa shape index (κ2) is 4.68. The summed E-state index contributed by atoms with van der Waals surface area (Å²) in [6.45, 7) is 0.263. The third-order valence-corrected chi connectivity index (χ3v) is 2.82. The molecule has 0 fully saturated rings. The predicted molar refractivity (Wildman–Crippen MR) is 68.9 cm³/mol. The molecule has 3 rings (SSSR count). The number of fused-ring (bicyclic) bond motifs is 1. The van der Waals surface area contributed by atoms with Gasteiger partial charge in [-0.15, -0.1) is 0 Å². The van der Waals surface area contributed by atoms with Gasteiger partial charge >= 0.3 is 0 Å². The van der Waals surface area contributed by atoms with Crippen LogP contribution in [0.15, 0.2) is 48.8 Å². The Kier molecular flexibility index (Phi) is 2.87. The van der Waals surface area contributed by atoms with Gasteiger partial charge in [-0.3, -0.25) is 0 Å². The molecule has 0 aliphatic carbocycles. The first-order chi connectivity index (χ1) is 9.24. The van der Waals surface area contributed by atoms with Crippen molar-refractivity contribution in [3.8, 4) is 0 Å². The smallest absolute Gasteiger partial charge is 0.149 e. The first-order valence-corrected chi connectivity index (χ1v) is 5.84. The van der Waals surface area contributed by atoms with Crippen LogP contribution in [0.4, 0.5) is 14.5 Å². The minimum absolute atomic E-state index is 0.125. The molecule has 0 aliphatic heterocycles. The van der Waals surface area contributed by atoms with E-state index in [9.17, 15) is 8.78 Å². The zero-order chi connectivity index (χ0) is 13.2. The van der Waals surface area contributed by atoms with Crippen molar-refractivity contribution < 1.29 is 8.78 Å². The fraction of sp³-hybridized carbons (Fsp3) is 0.0714. The molecule has 0 saturated heterocycles. The van der Waals surface area contributed by atoms with Crippen LogP contribution in [0, 0.1) is 11.6 Å². The van der Waals surface area contributed by atoms with Crippen molar-refractivity contribution in [3.63, 3.8) is 0 Å². The van der Waals surface area contributed by atoms with E-state index in [1.165, 1.54) is 18.2 Å². The minimum Gasteiger partial charge on any atom is -0.375 e. The highest BCUT2D eigenvalue weighted by Crippen LogP contribution is 2.18. The van der Waals surface area contributed by atoms with E-state index in [2.05, 4.69) is 10.3 Å². The second-order valence-corrected chi connectivity index (χ2v) is 4.15. The summed E-state index contributed by atoms with van der Waals surface area (Å²) in [7, 11) is 0. The molecule has 5 heteroatoms. The molecular weight excluding hydrogens is 248 g/mol. The number of aromatic nitrogens is 2. The van der Waals surface area contributed by atoms with Crippen LogP contribution in [-0.4, -0.2) is 9.38 Å². The summed E-state index contributed by atoms with van der Waals surface area (Å²) in [5, 5.41) is 2.73. The van der Waals surface area contributed by atoms with Crippen molar-refractivity contribution >= 4 is 11.3 Å². The van der Waals surface area contributed by atoms with E-state index in [0.717, 1.165) is 5.65 Å². The van der Waals surface area contributed by atoms with Crippen molar-refractivity contribution in [2.75, 3.05) is 5.32 Å². The molecule has 1 aromatic carbocycles. The lowest BCUT2D eigenvalue weighted by Gasteiger charge is -2.06. The first-order valence-electron chi connectivity index (χ1n) is 5.84. The third kappa shape index (κ3) is 2.27. The predicted octanol–water partition coefficient (Wildman–Crippen LogP) is 3.22. The average Bonchev–Trinajstić information content (AvgIpc) is 2.81. The lowest BCUT2D eigenvalue weighted by Crippen LogP contribution is -2.03. The number of benzene rings is 1. The molecule has 3 nitrogen and oxygen atoms in total. The second-order valence-electron chi connectivity index (χ2n) is 4.15. The number of nitrogens with one attached hydrogen (secondary N) is 1. The van der Waals surface area contributed by atoms with Gasteiger partial charge in [0, 0.05) is 12.4 Å². The molecule has 96 valence electrons. The molecule has 0 saturated carbocycles. The SMILES string of the molecule is Fc1cccc(F)c1NCc1cn2ccccc2n1. The van der Waals surface area contributed by atoms with Crippen LogP contribution in [0.3, 0.4) is 0 Å². The fourth-order valence-electron chi connectivity index (χ4n) is 1.92. The number of para-hydroxylation sites is 1. The van der Waals surface area contributed by atoms with Gasteiger partial charge in [-0.2, -0.15) is 0 Å². The minimum atomic E-state index is -0.608. The first kappa shape index (κ1) is 11.6. The molecule has 0 atom stereocenters. The van der Waals surface area contributed by atoms with Crippen LogP contribution >= 0.6 is 0 Å². The van der Waals surface area contributed by atoms with E-state index >= 15 is 0 Å². The normalized spacial score (nSPS) is 10.8. The van der Waals surface area contributed by atoms with Crippen molar-refractivity contribution in [3.05, 3.63) is 66.1 Å². The highest BCUT2D eigenvalue weighted by molar-refractivity contribution is 5.47. The molecule has 0 spiro atoms. The largest absolute Gasteiger partial charge is 0.375 e. The lowest BCUT2D eigenvalue weighted by molar-refractivity contribution is 0.588. The lowest BCUT2D eigenvalue weighted by atomic mass is 10.3. The number of anilines is 1.